The molecule has 2 amide bonds. The van der Waals surface area contributed by atoms with E-state index in [0.717, 1.165) is 9.21 Å². The van der Waals surface area contributed by atoms with Crippen molar-refractivity contribution in [3.05, 3.63) is 89.4 Å². The van der Waals surface area contributed by atoms with Gasteiger partial charge >= 0.3 is 0 Å². The number of rotatable bonds is 7. The number of ether oxygens (including phenoxy) is 1. The van der Waals surface area contributed by atoms with Gasteiger partial charge in [0, 0.05) is 11.1 Å². The summed E-state index contributed by atoms with van der Waals surface area (Å²) in [5, 5.41) is 0.388. The van der Waals surface area contributed by atoms with E-state index in [1.54, 1.807) is 55.5 Å². The lowest BCUT2D eigenvalue weighted by Crippen LogP contribution is -2.46. The van der Waals surface area contributed by atoms with Crippen LogP contribution in [0.15, 0.2) is 83.8 Å². The van der Waals surface area contributed by atoms with Crippen LogP contribution in [-0.4, -0.2) is 37.7 Å². The fourth-order valence-corrected chi connectivity index (χ4v) is 5.96. The summed E-state index contributed by atoms with van der Waals surface area (Å²) in [7, 11) is -2.65. The number of carbonyl (C=O) groups excluding carboxylic acids is 2. The topological polar surface area (TPSA) is 84.0 Å². The molecule has 0 radical (unpaired) electrons. The molecule has 3 aromatic carbocycles. The molecule has 1 fully saturated rings. The molecule has 0 saturated carbocycles. The first-order chi connectivity index (χ1) is 16.2. The van der Waals surface area contributed by atoms with E-state index in [1.165, 1.54) is 31.4 Å². The van der Waals surface area contributed by atoms with Crippen LogP contribution in [0.4, 0.5) is 5.69 Å². The number of hydrogen-bond acceptors (Lipinski definition) is 5. The van der Waals surface area contributed by atoms with E-state index < -0.39 is 33.9 Å². The lowest BCUT2D eigenvalue weighted by Gasteiger charge is -2.32. The van der Waals surface area contributed by atoms with Crippen LogP contribution in [0.5, 0.6) is 5.75 Å². The maximum absolute atomic E-state index is 13.8. The second-order valence-electron chi connectivity index (χ2n) is 7.86. The number of benzene rings is 3. The Hall–Kier alpha value is -3.20. The van der Waals surface area contributed by atoms with Crippen LogP contribution in [-0.2, 0) is 19.6 Å². The Kier molecular flexibility index (Phi) is 6.74. The maximum Gasteiger partial charge on any atom is 0.252 e. The molecule has 34 heavy (non-hydrogen) atoms. The first-order valence-corrected chi connectivity index (χ1v) is 12.4. The molecule has 7 nitrogen and oxygen atoms in total. The summed E-state index contributed by atoms with van der Waals surface area (Å²) in [4.78, 5) is 27.5. The second kappa shape index (κ2) is 9.58. The van der Waals surface area contributed by atoms with Gasteiger partial charge in [-0.05, 0) is 61.0 Å². The number of methoxy groups -OCH3 is 1. The molecule has 1 heterocycles. The molecule has 2 unspecified atom stereocenters. The van der Waals surface area contributed by atoms with Crippen molar-refractivity contribution in [2.24, 2.45) is 0 Å². The summed E-state index contributed by atoms with van der Waals surface area (Å²) in [5.41, 5.74) is 1.05. The van der Waals surface area contributed by atoms with Crippen molar-refractivity contribution in [1.82, 2.24) is 4.31 Å². The van der Waals surface area contributed by atoms with Crippen molar-refractivity contribution in [3.8, 4) is 5.75 Å². The summed E-state index contributed by atoms with van der Waals surface area (Å²) >= 11 is 5.95. The zero-order valence-corrected chi connectivity index (χ0v) is 20.2. The van der Waals surface area contributed by atoms with Crippen molar-refractivity contribution >= 4 is 39.1 Å². The van der Waals surface area contributed by atoms with Gasteiger partial charge in [-0.1, -0.05) is 41.9 Å². The molecule has 3 aromatic rings. The van der Waals surface area contributed by atoms with Crippen molar-refractivity contribution < 1.29 is 22.7 Å². The highest BCUT2D eigenvalue weighted by atomic mass is 35.5. The molecule has 9 heteroatoms. The SMILES string of the molecule is COc1ccc(N2C(=O)CC(N(C(C)c3ccccc3)S(=O)(=O)c3ccc(Cl)cc3)C2=O)cc1. The summed E-state index contributed by atoms with van der Waals surface area (Å²) < 4.78 is 33.9. The lowest BCUT2D eigenvalue weighted by molar-refractivity contribution is -0.122. The number of anilines is 1. The predicted octanol–water partition coefficient (Wildman–Crippen LogP) is 4.43. The Labute approximate surface area is 203 Å². The van der Waals surface area contributed by atoms with Crippen LogP contribution >= 0.6 is 11.6 Å². The van der Waals surface area contributed by atoms with Gasteiger partial charge in [-0.15, -0.1) is 0 Å². The summed E-state index contributed by atoms with van der Waals surface area (Å²) in [6.45, 7) is 1.70. The van der Waals surface area contributed by atoms with Gasteiger partial charge in [-0.3, -0.25) is 9.59 Å². The molecule has 1 saturated heterocycles. The number of halogens is 1. The Morgan fingerprint density at radius 2 is 1.59 bits per heavy atom. The van der Waals surface area contributed by atoms with Gasteiger partial charge in [-0.25, -0.2) is 13.3 Å². The van der Waals surface area contributed by atoms with E-state index in [4.69, 9.17) is 16.3 Å². The monoisotopic (exact) mass is 498 g/mol. The molecule has 0 N–H and O–H groups in total. The average Bonchev–Trinajstić information content (AvgIpc) is 3.13. The van der Waals surface area contributed by atoms with Gasteiger partial charge in [0.2, 0.25) is 15.9 Å². The zero-order valence-electron chi connectivity index (χ0n) is 18.6. The minimum absolute atomic E-state index is 0.0113. The number of nitrogens with zero attached hydrogens (tertiary/aromatic N) is 2. The van der Waals surface area contributed by atoms with E-state index in [9.17, 15) is 18.0 Å². The van der Waals surface area contributed by atoms with E-state index in [-0.39, 0.29) is 11.3 Å². The summed E-state index contributed by atoms with van der Waals surface area (Å²) in [5.74, 6) is -0.503. The number of sulfonamides is 1. The van der Waals surface area contributed by atoms with Crippen LogP contribution in [0.2, 0.25) is 5.02 Å². The van der Waals surface area contributed by atoms with Crippen LogP contribution in [0.1, 0.15) is 24.9 Å². The average molecular weight is 499 g/mol. The number of amides is 2. The lowest BCUT2D eigenvalue weighted by atomic mass is 10.1. The standard InChI is InChI=1S/C25H23ClN2O5S/c1-17(18-6-4-3-5-7-18)28(34(31,32)22-14-8-19(26)9-15-22)23-16-24(29)27(25(23)30)20-10-12-21(33-2)13-11-20/h3-15,17,23H,16H2,1-2H3. The molecule has 176 valence electrons. The molecular formula is C25H23ClN2O5S. The molecular weight excluding hydrogens is 476 g/mol. The Bertz CT molecular complexity index is 1300. The first kappa shape index (κ1) is 23.9. The van der Waals surface area contributed by atoms with Gasteiger partial charge < -0.3 is 4.74 Å². The smallest absolute Gasteiger partial charge is 0.252 e. The molecule has 2 atom stereocenters. The third kappa shape index (κ3) is 4.44. The minimum Gasteiger partial charge on any atom is -0.497 e. The van der Waals surface area contributed by atoms with Gasteiger partial charge in [0.05, 0.1) is 24.1 Å². The number of hydrogen-bond donors (Lipinski definition) is 0. The van der Waals surface area contributed by atoms with Crippen LogP contribution in [0, 0.1) is 0 Å². The predicted molar refractivity (Wildman–Crippen MR) is 129 cm³/mol. The first-order valence-electron chi connectivity index (χ1n) is 10.6. The largest absolute Gasteiger partial charge is 0.497 e. The Morgan fingerprint density at radius 1 is 0.971 bits per heavy atom. The number of imide groups is 1. The van der Waals surface area contributed by atoms with Gasteiger partial charge in [0.15, 0.2) is 0 Å². The highest BCUT2D eigenvalue weighted by Gasteiger charge is 2.48. The molecule has 4 rings (SSSR count). The van der Waals surface area contributed by atoms with Crippen LogP contribution in [0.25, 0.3) is 0 Å². The highest BCUT2D eigenvalue weighted by Crippen LogP contribution is 2.36. The van der Waals surface area contributed by atoms with Gasteiger partial charge in [-0.2, -0.15) is 4.31 Å². The van der Waals surface area contributed by atoms with Crippen LogP contribution < -0.4 is 9.64 Å². The fraction of sp³-hybridized carbons (Fsp3) is 0.200. The summed E-state index contributed by atoms with van der Waals surface area (Å²) in [6.07, 6.45) is -0.269. The van der Waals surface area contributed by atoms with E-state index in [0.29, 0.717) is 22.0 Å². The zero-order chi connectivity index (χ0) is 24.5. The van der Waals surface area contributed by atoms with Crippen molar-refractivity contribution in [1.29, 1.82) is 0 Å². The Balaban J connectivity index is 1.77. The van der Waals surface area contributed by atoms with Crippen LogP contribution in [0.3, 0.4) is 0 Å². The third-order valence-corrected chi connectivity index (χ3v) is 8.06. The number of carbonyl (C=O) groups is 2. The molecule has 1 aliphatic rings. The van der Waals surface area contributed by atoms with Crippen molar-refractivity contribution in [2.45, 2.75) is 30.3 Å². The molecule has 0 aliphatic carbocycles. The van der Waals surface area contributed by atoms with Crippen molar-refractivity contribution in [3.63, 3.8) is 0 Å². The van der Waals surface area contributed by atoms with E-state index >= 15 is 0 Å². The maximum atomic E-state index is 13.8. The van der Waals surface area contributed by atoms with E-state index in [1.807, 2.05) is 6.07 Å². The highest BCUT2D eigenvalue weighted by molar-refractivity contribution is 7.89. The third-order valence-electron chi connectivity index (χ3n) is 5.81. The van der Waals surface area contributed by atoms with Crippen molar-refractivity contribution in [2.75, 3.05) is 12.0 Å². The van der Waals surface area contributed by atoms with Gasteiger partial charge in [0.25, 0.3) is 5.91 Å². The molecule has 0 spiro atoms. The molecule has 1 aliphatic heterocycles. The fourth-order valence-electron chi connectivity index (χ4n) is 4.07. The molecule has 0 bridgehead atoms. The minimum atomic E-state index is -4.17. The second-order valence-corrected chi connectivity index (χ2v) is 10.1. The Morgan fingerprint density at radius 3 is 2.18 bits per heavy atom. The van der Waals surface area contributed by atoms with Gasteiger partial charge in [0.1, 0.15) is 11.8 Å². The molecule has 0 aromatic heterocycles. The normalized spacial score (nSPS) is 17.3. The van der Waals surface area contributed by atoms with E-state index in [2.05, 4.69) is 0 Å². The quantitative estimate of drug-likeness (QED) is 0.450. The summed E-state index contributed by atoms with van der Waals surface area (Å²) in [6, 6.07) is 19.3.